The average Bonchev–Trinajstić information content (AvgIpc) is 3.66. The molecule has 0 saturated heterocycles. The van der Waals surface area contributed by atoms with Crippen molar-refractivity contribution in [2.24, 2.45) is 0 Å². The number of aryl methyl sites for hydroxylation is 1. The molecule has 42 heavy (non-hydrogen) atoms. The molecule has 0 unspecified atom stereocenters. The number of hydrogen-bond acceptors (Lipinski definition) is 8. The topological polar surface area (TPSA) is 141 Å². The monoisotopic (exact) mass is 570 g/mol. The lowest BCUT2D eigenvalue weighted by molar-refractivity contribution is -0.0629. The van der Waals surface area contributed by atoms with Gasteiger partial charge in [0.1, 0.15) is 6.33 Å². The van der Waals surface area contributed by atoms with Crippen LogP contribution in [0.4, 0.5) is 0 Å². The first-order chi connectivity index (χ1) is 20.4. The van der Waals surface area contributed by atoms with Gasteiger partial charge < -0.3 is 9.84 Å². The van der Waals surface area contributed by atoms with Crippen LogP contribution in [-0.4, -0.2) is 53.7 Å². The fourth-order valence-electron chi connectivity index (χ4n) is 6.18. The summed E-state index contributed by atoms with van der Waals surface area (Å²) in [7, 11) is 1.59. The van der Waals surface area contributed by atoms with Gasteiger partial charge in [-0.25, -0.2) is 9.31 Å². The minimum absolute atomic E-state index is 0.0504. The maximum absolute atomic E-state index is 14.2. The summed E-state index contributed by atoms with van der Waals surface area (Å²) >= 11 is 0. The molecular formula is C31H34N6O5. The van der Waals surface area contributed by atoms with Gasteiger partial charge in [0.2, 0.25) is 5.78 Å². The minimum Gasteiger partial charge on any atom is -0.387 e. The number of nitrogens with zero attached hydrogens (tertiary/aromatic N) is 5. The van der Waals surface area contributed by atoms with Crippen molar-refractivity contribution in [1.82, 2.24) is 29.3 Å². The summed E-state index contributed by atoms with van der Waals surface area (Å²) in [6.45, 7) is 2.37. The number of methoxy groups -OCH3 is 1. The summed E-state index contributed by atoms with van der Waals surface area (Å²) in [6, 6.07) is 15.6. The molecule has 0 spiro atoms. The Hall–Kier alpha value is -4.35. The Bertz CT molecular complexity index is 1810. The standard InChI is InChI=1S/C31H34N6O5/c1-3-6-26-25(28(38)36(29-32-19-33-37(26)29)22-13-15-31(40,16-14-22)18-41-2)17-20-9-11-21(12-10-20)23-7-4-5-8-24(23)27-34-30(39)42-35-27/h4-5,7-12,19,22,40H,3,6,13-18H2,1-2H3,(H,34,35,39)/t22-,31-. The number of ether oxygens (including phenoxy) is 1. The molecule has 5 aromatic rings. The van der Waals surface area contributed by atoms with E-state index < -0.39 is 11.4 Å². The van der Waals surface area contributed by atoms with E-state index >= 15 is 0 Å². The fraction of sp³-hybridized carbons (Fsp3) is 0.387. The van der Waals surface area contributed by atoms with E-state index in [1.807, 2.05) is 53.0 Å². The van der Waals surface area contributed by atoms with Gasteiger partial charge in [-0.05, 0) is 48.8 Å². The van der Waals surface area contributed by atoms with Gasteiger partial charge >= 0.3 is 5.76 Å². The molecule has 1 aliphatic rings. The van der Waals surface area contributed by atoms with E-state index in [2.05, 4.69) is 27.1 Å². The molecule has 2 aromatic carbocycles. The SMILES string of the molecule is CCCc1c(Cc2ccc(-c3ccccc3-c3noc(=O)[nH]3)cc2)c(=O)n([C@H]2CC[C@@](O)(COC)CC2)c2ncnn12. The Morgan fingerprint density at radius 2 is 1.83 bits per heavy atom. The summed E-state index contributed by atoms with van der Waals surface area (Å²) < 4.78 is 13.6. The summed E-state index contributed by atoms with van der Waals surface area (Å²) in [5.41, 5.74) is 4.26. The maximum atomic E-state index is 14.2. The highest BCUT2D eigenvalue weighted by atomic mass is 16.5. The average molecular weight is 571 g/mol. The number of fused-ring (bicyclic) bond motifs is 1. The first-order valence-electron chi connectivity index (χ1n) is 14.3. The van der Waals surface area contributed by atoms with Crippen LogP contribution in [0.1, 0.15) is 61.9 Å². The summed E-state index contributed by atoms with van der Waals surface area (Å²) in [5.74, 6) is 0.313. The number of nitrogens with one attached hydrogen (secondary N) is 1. The maximum Gasteiger partial charge on any atom is 0.439 e. The number of aliphatic hydroxyl groups is 1. The van der Waals surface area contributed by atoms with Crippen molar-refractivity contribution in [1.29, 1.82) is 0 Å². The third-order valence-corrected chi connectivity index (χ3v) is 8.25. The zero-order chi connectivity index (χ0) is 29.3. The van der Waals surface area contributed by atoms with Crippen molar-refractivity contribution in [3.05, 3.63) is 92.6 Å². The van der Waals surface area contributed by atoms with E-state index in [0.29, 0.717) is 55.7 Å². The Morgan fingerprint density at radius 1 is 1.10 bits per heavy atom. The lowest BCUT2D eigenvalue weighted by Gasteiger charge is -2.36. The predicted molar refractivity (Wildman–Crippen MR) is 156 cm³/mol. The summed E-state index contributed by atoms with van der Waals surface area (Å²) in [4.78, 5) is 32.9. The van der Waals surface area contributed by atoms with Crippen LogP contribution in [0.2, 0.25) is 0 Å². The van der Waals surface area contributed by atoms with Gasteiger partial charge in [-0.2, -0.15) is 10.1 Å². The van der Waals surface area contributed by atoms with E-state index in [9.17, 15) is 14.7 Å². The first-order valence-corrected chi connectivity index (χ1v) is 14.3. The van der Waals surface area contributed by atoms with Crippen molar-refractivity contribution in [3.63, 3.8) is 0 Å². The van der Waals surface area contributed by atoms with E-state index in [1.165, 1.54) is 6.33 Å². The molecule has 3 aromatic heterocycles. The van der Waals surface area contributed by atoms with Crippen LogP contribution in [0.25, 0.3) is 28.3 Å². The molecule has 3 heterocycles. The van der Waals surface area contributed by atoms with Crippen LogP contribution in [0.3, 0.4) is 0 Å². The molecule has 0 amide bonds. The molecule has 1 aliphatic carbocycles. The van der Waals surface area contributed by atoms with Crippen LogP contribution >= 0.6 is 0 Å². The first kappa shape index (κ1) is 27.8. The lowest BCUT2D eigenvalue weighted by atomic mass is 9.82. The zero-order valence-corrected chi connectivity index (χ0v) is 23.7. The van der Waals surface area contributed by atoms with Crippen molar-refractivity contribution in [2.75, 3.05) is 13.7 Å². The highest BCUT2D eigenvalue weighted by Crippen LogP contribution is 2.36. The highest BCUT2D eigenvalue weighted by molar-refractivity contribution is 5.80. The van der Waals surface area contributed by atoms with E-state index in [4.69, 9.17) is 9.26 Å². The van der Waals surface area contributed by atoms with Crippen molar-refractivity contribution in [3.8, 4) is 22.5 Å². The van der Waals surface area contributed by atoms with Crippen LogP contribution in [-0.2, 0) is 17.6 Å². The second kappa shape index (κ2) is 11.5. The van der Waals surface area contributed by atoms with Crippen LogP contribution in [0.15, 0.2) is 69.0 Å². The second-order valence-corrected chi connectivity index (χ2v) is 11.1. The molecule has 2 N–H and O–H groups in total. The van der Waals surface area contributed by atoms with Gasteiger partial charge in [-0.15, -0.1) is 0 Å². The number of benzene rings is 2. The Kier molecular flexibility index (Phi) is 7.61. The van der Waals surface area contributed by atoms with Crippen molar-refractivity contribution >= 4 is 5.78 Å². The van der Waals surface area contributed by atoms with E-state index in [0.717, 1.165) is 34.4 Å². The zero-order valence-electron chi connectivity index (χ0n) is 23.7. The quantitative estimate of drug-likeness (QED) is 0.272. The third kappa shape index (κ3) is 5.21. The lowest BCUT2D eigenvalue weighted by Crippen LogP contribution is -2.41. The molecule has 1 fully saturated rings. The van der Waals surface area contributed by atoms with E-state index in [-0.39, 0.29) is 18.2 Å². The molecule has 0 radical (unpaired) electrons. The number of H-pyrrole nitrogens is 1. The minimum atomic E-state index is -0.868. The third-order valence-electron chi connectivity index (χ3n) is 8.25. The molecule has 11 heteroatoms. The molecule has 6 rings (SSSR count). The van der Waals surface area contributed by atoms with Gasteiger partial charge in [0.25, 0.3) is 5.56 Å². The fourth-order valence-corrected chi connectivity index (χ4v) is 6.18. The molecule has 218 valence electrons. The molecule has 0 bridgehead atoms. The largest absolute Gasteiger partial charge is 0.439 e. The molecule has 11 nitrogen and oxygen atoms in total. The van der Waals surface area contributed by atoms with Gasteiger partial charge in [0, 0.05) is 30.7 Å². The Balaban J connectivity index is 1.35. The van der Waals surface area contributed by atoms with Crippen LogP contribution < -0.4 is 11.3 Å². The summed E-state index contributed by atoms with van der Waals surface area (Å²) in [5, 5.41) is 19.2. The van der Waals surface area contributed by atoms with Gasteiger partial charge in [-0.1, -0.05) is 67.0 Å². The molecule has 0 atom stereocenters. The molecule has 1 saturated carbocycles. The summed E-state index contributed by atoms with van der Waals surface area (Å²) in [6.07, 6.45) is 5.92. The molecular weight excluding hydrogens is 536 g/mol. The van der Waals surface area contributed by atoms with Crippen LogP contribution in [0, 0.1) is 0 Å². The van der Waals surface area contributed by atoms with Crippen molar-refractivity contribution in [2.45, 2.75) is 63.5 Å². The predicted octanol–water partition coefficient (Wildman–Crippen LogP) is 3.94. The number of hydrogen-bond donors (Lipinski definition) is 2. The number of aromatic amines is 1. The van der Waals surface area contributed by atoms with Gasteiger partial charge in [0.15, 0.2) is 5.82 Å². The normalized spacial score (nSPS) is 19.0. The Morgan fingerprint density at radius 3 is 2.50 bits per heavy atom. The number of aromatic nitrogens is 6. The number of rotatable bonds is 9. The van der Waals surface area contributed by atoms with Gasteiger partial charge in [-0.3, -0.25) is 18.9 Å². The van der Waals surface area contributed by atoms with Crippen LogP contribution in [0.5, 0.6) is 0 Å². The van der Waals surface area contributed by atoms with Crippen molar-refractivity contribution < 1.29 is 14.4 Å². The van der Waals surface area contributed by atoms with E-state index in [1.54, 1.807) is 11.7 Å². The molecule has 0 aliphatic heterocycles. The Labute approximate surface area is 241 Å². The smallest absolute Gasteiger partial charge is 0.387 e. The highest BCUT2D eigenvalue weighted by Gasteiger charge is 2.35. The second-order valence-electron chi connectivity index (χ2n) is 11.1. The van der Waals surface area contributed by atoms with Gasteiger partial charge in [0.05, 0.1) is 17.9 Å².